The molecule has 1 N–H and O–H groups in total. The van der Waals surface area contributed by atoms with Gasteiger partial charge < -0.3 is 5.11 Å². The zero-order chi connectivity index (χ0) is 9.68. The molecule has 0 fully saturated rings. The highest BCUT2D eigenvalue weighted by Crippen LogP contribution is 2.19. The van der Waals surface area contributed by atoms with E-state index in [9.17, 15) is 4.39 Å². The van der Waals surface area contributed by atoms with E-state index in [0.717, 1.165) is 5.56 Å². The quantitative estimate of drug-likeness (QED) is 0.757. The molecule has 0 aromatic heterocycles. The number of hydrogen-bond acceptors (Lipinski definition) is 1. The van der Waals surface area contributed by atoms with Crippen LogP contribution in [0.1, 0.15) is 12.5 Å². The lowest BCUT2D eigenvalue weighted by Crippen LogP contribution is -2.08. The van der Waals surface area contributed by atoms with E-state index in [1.807, 2.05) is 30.3 Å². The van der Waals surface area contributed by atoms with Crippen molar-refractivity contribution in [2.75, 3.05) is 6.61 Å². The summed E-state index contributed by atoms with van der Waals surface area (Å²) in [6.45, 7) is 1.30. The Morgan fingerprint density at radius 3 is 2.54 bits per heavy atom. The lowest BCUT2D eigenvalue weighted by molar-refractivity contribution is 0.215. The minimum atomic E-state index is -1.28. The number of alkyl halides is 1. The molecule has 0 heterocycles. The Hall–Kier alpha value is -1.15. The van der Waals surface area contributed by atoms with Gasteiger partial charge in [0.1, 0.15) is 6.17 Å². The van der Waals surface area contributed by atoms with Crippen molar-refractivity contribution >= 4 is 5.57 Å². The summed E-state index contributed by atoms with van der Waals surface area (Å²) in [7, 11) is 0. The minimum absolute atomic E-state index is 0.464. The van der Waals surface area contributed by atoms with Crippen LogP contribution in [-0.4, -0.2) is 17.9 Å². The summed E-state index contributed by atoms with van der Waals surface area (Å²) in [5, 5.41) is 8.68. The second-order valence-electron chi connectivity index (χ2n) is 2.76. The minimum Gasteiger partial charge on any atom is -0.393 e. The first-order valence-corrected chi connectivity index (χ1v) is 4.26. The molecule has 0 aliphatic heterocycles. The predicted molar refractivity (Wildman–Crippen MR) is 52.1 cm³/mol. The molecule has 13 heavy (non-hydrogen) atoms. The molecule has 0 radical (unpaired) electrons. The molecule has 0 aliphatic rings. The maximum atomic E-state index is 13.2. The molecule has 0 amide bonds. The second kappa shape index (κ2) is 4.77. The average molecular weight is 180 g/mol. The molecule has 70 valence electrons. The fourth-order valence-electron chi connectivity index (χ4n) is 1.26. The van der Waals surface area contributed by atoms with E-state index in [4.69, 9.17) is 5.11 Å². The number of allylic oxidation sites excluding steroid dienone is 1. The Kier molecular flexibility index (Phi) is 3.65. The molecule has 0 spiro atoms. The Morgan fingerprint density at radius 2 is 2.08 bits per heavy atom. The Labute approximate surface area is 77.5 Å². The number of aliphatic hydroxyl groups excluding tert-OH is 1. The summed E-state index contributed by atoms with van der Waals surface area (Å²) < 4.78 is 13.2. The van der Waals surface area contributed by atoms with E-state index >= 15 is 0 Å². The molecule has 2 heteroatoms. The molecule has 1 aromatic carbocycles. The lowest BCUT2D eigenvalue weighted by atomic mass is 10.0. The molecule has 1 rings (SSSR count). The highest BCUT2D eigenvalue weighted by Gasteiger charge is 2.11. The van der Waals surface area contributed by atoms with E-state index in [0.29, 0.717) is 5.57 Å². The lowest BCUT2D eigenvalue weighted by Gasteiger charge is -2.09. The van der Waals surface area contributed by atoms with E-state index in [2.05, 4.69) is 0 Å². The molecular formula is C11H13FO. The van der Waals surface area contributed by atoms with Crippen LogP contribution >= 0.6 is 0 Å². The van der Waals surface area contributed by atoms with Crippen LogP contribution < -0.4 is 0 Å². The van der Waals surface area contributed by atoms with E-state index in [1.165, 1.54) is 0 Å². The zero-order valence-corrected chi connectivity index (χ0v) is 7.57. The topological polar surface area (TPSA) is 20.2 Å². The first-order valence-electron chi connectivity index (χ1n) is 4.26. The summed E-state index contributed by atoms with van der Waals surface area (Å²) in [5.41, 5.74) is 1.37. The maximum Gasteiger partial charge on any atom is 0.148 e. The SMILES string of the molecule is C/C=C(/c1ccccc1)[C@H](F)CO. The normalized spacial score (nSPS) is 14.2. The highest BCUT2D eigenvalue weighted by molar-refractivity contribution is 5.68. The van der Waals surface area contributed by atoms with Gasteiger partial charge in [0.05, 0.1) is 6.61 Å². The van der Waals surface area contributed by atoms with Crippen molar-refractivity contribution in [3.05, 3.63) is 42.0 Å². The van der Waals surface area contributed by atoms with Gasteiger partial charge in [0.15, 0.2) is 0 Å². The van der Waals surface area contributed by atoms with Gasteiger partial charge >= 0.3 is 0 Å². The van der Waals surface area contributed by atoms with E-state index in [-0.39, 0.29) is 0 Å². The molecule has 0 aliphatic carbocycles. The fraction of sp³-hybridized carbons (Fsp3) is 0.273. The van der Waals surface area contributed by atoms with Crippen molar-refractivity contribution in [3.8, 4) is 0 Å². The largest absolute Gasteiger partial charge is 0.393 e. The van der Waals surface area contributed by atoms with Crippen LogP contribution in [-0.2, 0) is 0 Å². The summed E-state index contributed by atoms with van der Waals surface area (Å²) in [5.74, 6) is 0. The van der Waals surface area contributed by atoms with Gasteiger partial charge in [-0.25, -0.2) is 4.39 Å². The number of benzene rings is 1. The highest BCUT2D eigenvalue weighted by atomic mass is 19.1. The van der Waals surface area contributed by atoms with Crippen LogP contribution in [0.15, 0.2) is 36.4 Å². The third kappa shape index (κ3) is 2.39. The molecular weight excluding hydrogens is 167 g/mol. The van der Waals surface area contributed by atoms with Crippen LogP contribution in [0.3, 0.4) is 0 Å². The molecule has 0 unspecified atom stereocenters. The Morgan fingerprint density at radius 1 is 1.46 bits per heavy atom. The van der Waals surface area contributed by atoms with Gasteiger partial charge in [-0.05, 0) is 18.1 Å². The van der Waals surface area contributed by atoms with Crippen LogP contribution in [0.2, 0.25) is 0 Å². The number of halogens is 1. The molecule has 1 aromatic rings. The van der Waals surface area contributed by atoms with Gasteiger partial charge in [0.25, 0.3) is 0 Å². The maximum absolute atomic E-state index is 13.2. The Balaban J connectivity index is 2.93. The monoisotopic (exact) mass is 180 g/mol. The van der Waals surface area contributed by atoms with E-state index in [1.54, 1.807) is 13.0 Å². The van der Waals surface area contributed by atoms with Crippen LogP contribution in [0.4, 0.5) is 4.39 Å². The number of hydrogen-bond donors (Lipinski definition) is 1. The molecule has 0 saturated carbocycles. The first kappa shape index (κ1) is 9.93. The summed E-state index contributed by atoms with van der Waals surface area (Å²) >= 11 is 0. The van der Waals surface area contributed by atoms with Crippen LogP contribution in [0, 0.1) is 0 Å². The van der Waals surface area contributed by atoms with Crippen molar-refractivity contribution in [1.29, 1.82) is 0 Å². The van der Waals surface area contributed by atoms with Crippen molar-refractivity contribution in [3.63, 3.8) is 0 Å². The second-order valence-corrected chi connectivity index (χ2v) is 2.76. The van der Waals surface area contributed by atoms with Gasteiger partial charge in [-0.1, -0.05) is 36.4 Å². The zero-order valence-electron chi connectivity index (χ0n) is 7.57. The summed E-state index contributed by atoms with van der Waals surface area (Å²) in [6.07, 6.45) is 0.406. The van der Waals surface area contributed by atoms with Crippen molar-refractivity contribution < 1.29 is 9.50 Å². The fourth-order valence-corrected chi connectivity index (χ4v) is 1.26. The van der Waals surface area contributed by atoms with E-state index < -0.39 is 12.8 Å². The molecule has 1 atom stereocenters. The standard InChI is InChI=1S/C11H13FO/c1-2-10(11(12)8-13)9-6-4-3-5-7-9/h2-7,11,13H,8H2,1H3/b10-2-/t11-/m1/s1. The first-order chi connectivity index (χ1) is 6.29. The molecule has 1 nitrogen and oxygen atoms in total. The smallest absolute Gasteiger partial charge is 0.148 e. The third-order valence-corrected chi connectivity index (χ3v) is 1.92. The van der Waals surface area contributed by atoms with Crippen LogP contribution in [0.5, 0.6) is 0 Å². The summed E-state index contributed by atoms with van der Waals surface area (Å²) in [4.78, 5) is 0. The van der Waals surface area contributed by atoms with Gasteiger partial charge in [0, 0.05) is 0 Å². The van der Waals surface area contributed by atoms with Crippen molar-refractivity contribution in [2.24, 2.45) is 0 Å². The van der Waals surface area contributed by atoms with Gasteiger partial charge in [0.2, 0.25) is 0 Å². The van der Waals surface area contributed by atoms with Crippen LogP contribution in [0.25, 0.3) is 5.57 Å². The predicted octanol–water partition coefficient (Wildman–Crippen LogP) is 2.42. The van der Waals surface area contributed by atoms with Gasteiger partial charge in [-0.3, -0.25) is 0 Å². The van der Waals surface area contributed by atoms with Crippen molar-refractivity contribution in [2.45, 2.75) is 13.1 Å². The third-order valence-electron chi connectivity index (χ3n) is 1.92. The average Bonchev–Trinajstić information content (AvgIpc) is 2.20. The number of rotatable bonds is 3. The number of aliphatic hydroxyl groups is 1. The Bertz CT molecular complexity index is 279. The van der Waals surface area contributed by atoms with Crippen molar-refractivity contribution in [1.82, 2.24) is 0 Å². The van der Waals surface area contributed by atoms with Gasteiger partial charge in [-0.15, -0.1) is 0 Å². The molecule has 0 saturated heterocycles. The molecule has 0 bridgehead atoms. The van der Waals surface area contributed by atoms with Gasteiger partial charge in [-0.2, -0.15) is 0 Å². The summed E-state index contributed by atoms with van der Waals surface area (Å²) in [6, 6.07) is 9.24.